The average molecular weight is 142 g/mol. The van der Waals surface area contributed by atoms with Crippen molar-refractivity contribution in [3.63, 3.8) is 0 Å². The predicted octanol–water partition coefficient (Wildman–Crippen LogP) is 3.15. The summed E-state index contributed by atoms with van der Waals surface area (Å²) in [4.78, 5) is 0. The lowest BCUT2D eigenvalue weighted by Crippen LogP contribution is -2.16. The Hall–Kier alpha value is -0.330. The summed E-state index contributed by atoms with van der Waals surface area (Å²) in [5, 5.41) is 0. The monoisotopic (exact) mass is 142 g/mol. The molecule has 58 valence electrons. The van der Waals surface area contributed by atoms with Crippen molar-refractivity contribution in [2.75, 3.05) is 0 Å². The molecule has 0 saturated heterocycles. The van der Waals surface area contributed by atoms with Gasteiger partial charge in [0, 0.05) is 5.92 Å². The molecule has 0 nitrogen and oxygen atoms in total. The Morgan fingerprint density at radius 1 is 1.40 bits per heavy atom. The van der Waals surface area contributed by atoms with Crippen molar-refractivity contribution in [3.8, 4) is 0 Å². The Morgan fingerprint density at radius 3 is 2.50 bits per heavy atom. The predicted molar refractivity (Wildman–Crippen MR) is 41.3 cm³/mol. The Labute approximate surface area is 62.1 Å². The van der Waals surface area contributed by atoms with Crippen LogP contribution < -0.4 is 0 Å². The fourth-order valence-electron chi connectivity index (χ4n) is 1.46. The summed E-state index contributed by atoms with van der Waals surface area (Å²) in [6.07, 6.45) is 2.77. The van der Waals surface area contributed by atoms with E-state index in [1.807, 2.05) is 6.92 Å². The van der Waals surface area contributed by atoms with Crippen molar-refractivity contribution in [2.24, 2.45) is 17.8 Å². The Bertz CT molecular complexity index is 149. The Balaban J connectivity index is 2.69. The molecule has 3 atom stereocenters. The van der Waals surface area contributed by atoms with E-state index in [9.17, 15) is 4.39 Å². The molecule has 0 heterocycles. The van der Waals surface area contributed by atoms with E-state index in [0.29, 0.717) is 11.8 Å². The van der Waals surface area contributed by atoms with Gasteiger partial charge < -0.3 is 0 Å². The molecular formula is C9H15F. The van der Waals surface area contributed by atoms with Crippen molar-refractivity contribution < 1.29 is 4.39 Å². The molecule has 0 bridgehead atoms. The molecule has 0 aromatic carbocycles. The highest BCUT2D eigenvalue weighted by molar-refractivity contribution is 5.04. The van der Waals surface area contributed by atoms with E-state index in [1.54, 1.807) is 6.08 Å². The maximum Gasteiger partial charge on any atom is 0.0990 e. The standard InChI is InChI=1S/C9H15F/c1-6-4-8(3)9(10)5-7(6)2/h5-8H,4H2,1-3H3. The first kappa shape index (κ1) is 7.77. The van der Waals surface area contributed by atoms with Crippen molar-refractivity contribution in [1.29, 1.82) is 0 Å². The summed E-state index contributed by atoms with van der Waals surface area (Å²) in [6, 6.07) is 0. The molecule has 0 aromatic rings. The highest BCUT2D eigenvalue weighted by Crippen LogP contribution is 2.32. The van der Waals surface area contributed by atoms with Crippen LogP contribution in [0.3, 0.4) is 0 Å². The molecule has 0 N–H and O–H groups in total. The fourth-order valence-corrected chi connectivity index (χ4v) is 1.46. The number of halogens is 1. The zero-order chi connectivity index (χ0) is 7.72. The third-order valence-corrected chi connectivity index (χ3v) is 2.52. The minimum Gasteiger partial charge on any atom is -0.212 e. The van der Waals surface area contributed by atoms with Crippen molar-refractivity contribution in [2.45, 2.75) is 27.2 Å². The van der Waals surface area contributed by atoms with Gasteiger partial charge in [0.25, 0.3) is 0 Å². The van der Waals surface area contributed by atoms with E-state index in [-0.39, 0.29) is 11.7 Å². The van der Waals surface area contributed by atoms with Gasteiger partial charge in [0.15, 0.2) is 0 Å². The topological polar surface area (TPSA) is 0 Å². The molecule has 0 radical (unpaired) electrons. The molecule has 1 heteroatoms. The smallest absolute Gasteiger partial charge is 0.0990 e. The number of hydrogen-bond donors (Lipinski definition) is 0. The van der Waals surface area contributed by atoms with Gasteiger partial charge in [-0.05, 0) is 24.3 Å². The maximum absolute atomic E-state index is 12.9. The molecule has 0 amide bonds. The Kier molecular flexibility index (Phi) is 2.12. The zero-order valence-corrected chi connectivity index (χ0v) is 6.89. The van der Waals surface area contributed by atoms with E-state index < -0.39 is 0 Å². The number of allylic oxidation sites excluding steroid dienone is 2. The van der Waals surface area contributed by atoms with Gasteiger partial charge in [0.1, 0.15) is 0 Å². The van der Waals surface area contributed by atoms with Gasteiger partial charge in [-0.1, -0.05) is 20.8 Å². The second kappa shape index (κ2) is 2.73. The maximum atomic E-state index is 12.9. The minimum atomic E-state index is 0.0885. The normalized spacial score (nSPS) is 41.2. The molecule has 1 rings (SSSR count). The van der Waals surface area contributed by atoms with E-state index in [2.05, 4.69) is 13.8 Å². The van der Waals surface area contributed by atoms with E-state index in [4.69, 9.17) is 0 Å². The fraction of sp³-hybridized carbons (Fsp3) is 0.778. The first-order chi connectivity index (χ1) is 4.61. The summed E-state index contributed by atoms with van der Waals surface area (Å²) in [6.45, 7) is 6.22. The quantitative estimate of drug-likeness (QED) is 0.487. The van der Waals surface area contributed by atoms with Crippen LogP contribution in [-0.4, -0.2) is 0 Å². The van der Waals surface area contributed by atoms with Gasteiger partial charge >= 0.3 is 0 Å². The molecule has 1 aliphatic carbocycles. The highest BCUT2D eigenvalue weighted by Gasteiger charge is 2.22. The van der Waals surface area contributed by atoms with Crippen LogP contribution in [-0.2, 0) is 0 Å². The third kappa shape index (κ3) is 1.39. The summed E-state index contributed by atoms with van der Waals surface area (Å²) in [5.41, 5.74) is 0. The second-order valence-electron chi connectivity index (χ2n) is 3.52. The third-order valence-electron chi connectivity index (χ3n) is 2.52. The van der Waals surface area contributed by atoms with Gasteiger partial charge in [0.05, 0.1) is 5.83 Å². The van der Waals surface area contributed by atoms with Crippen LogP contribution in [0.15, 0.2) is 11.9 Å². The zero-order valence-electron chi connectivity index (χ0n) is 6.89. The Morgan fingerprint density at radius 2 is 2.00 bits per heavy atom. The van der Waals surface area contributed by atoms with Crippen LogP contribution in [0, 0.1) is 17.8 Å². The SMILES string of the molecule is CC1CC(C)C(C)C=C1F. The van der Waals surface area contributed by atoms with E-state index in [0.717, 1.165) is 6.42 Å². The first-order valence-electron chi connectivity index (χ1n) is 3.98. The summed E-state index contributed by atoms with van der Waals surface area (Å²) in [5.74, 6) is 1.32. The van der Waals surface area contributed by atoms with Crippen molar-refractivity contribution >= 4 is 0 Å². The van der Waals surface area contributed by atoms with Crippen molar-refractivity contribution in [3.05, 3.63) is 11.9 Å². The number of hydrogen-bond acceptors (Lipinski definition) is 0. The van der Waals surface area contributed by atoms with Gasteiger partial charge in [-0.25, -0.2) is 4.39 Å². The molecule has 0 fully saturated rings. The van der Waals surface area contributed by atoms with Crippen LogP contribution in [0.25, 0.3) is 0 Å². The first-order valence-corrected chi connectivity index (χ1v) is 3.98. The molecule has 0 saturated carbocycles. The summed E-state index contributed by atoms with van der Waals surface area (Å²) < 4.78 is 12.9. The minimum absolute atomic E-state index is 0.0885. The highest BCUT2D eigenvalue weighted by atomic mass is 19.1. The van der Waals surface area contributed by atoms with Crippen LogP contribution >= 0.6 is 0 Å². The molecule has 0 aromatic heterocycles. The second-order valence-corrected chi connectivity index (χ2v) is 3.52. The van der Waals surface area contributed by atoms with E-state index >= 15 is 0 Å². The lowest BCUT2D eigenvalue weighted by Gasteiger charge is -2.25. The molecule has 0 aliphatic heterocycles. The molecule has 3 unspecified atom stereocenters. The van der Waals surface area contributed by atoms with E-state index in [1.165, 1.54) is 0 Å². The molecule has 1 aliphatic rings. The van der Waals surface area contributed by atoms with Crippen LogP contribution in [0.5, 0.6) is 0 Å². The van der Waals surface area contributed by atoms with Gasteiger partial charge in [0.2, 0.25) is 0 Å². The number of rotatable bonds is 0. The average Bonchev–Trinajstić information content (AvgIpc) is 1.84. The van der Waals surface area contributed by atoms with Crippen LogP contribution in [0.2, 0.25) is 0 Å². The molecular weight excluding hydrogens is 127 g/mol. The lowest BCUT2D eigenvalue weighted by atomic mass is 9.81. The van der Waals surface area contributed by atoms with Crippen molar-refractivity contribution in [1.82, 2.24) is 0 Å². The molecule has 0 spiro atoms. The lowest BCUT2D eigenvalue weighted by molar-refractivity contribution is 0.309. The largest absolute Gasteiger partial charge is 0.212 e. The van der Waals surface area contributed by atoms with Gasteiger partial charge in [-0.3, -0.25) is 0 Å². The van der Waals surface area contributed by atoms with Gasteiger partial charge in [-0.2, -0.15) is 0 Å². The summed E-state index contributed by atoms with van der Waals surface area (Å²) >= 11 is 0. The van der Waals surface area contributed by atoms with Crippen LogP contribution in [0.1, 0.15) is 27.2 Å². The summed E-state index contributed by atoms with van der Waals surface area (Å²) in [7, 11) is 0. The molecule has 10 heavy (non-hydrogen) atoms. The van der Waals surface area contributed by atoms with Crippen LogP contribution in [0.4, 0.5) is 4.39 Å². The van der Waals surface area contributed by atoms with Gasteiger partial charge in [-0.15, -0.1) is 0 Å².